The van der Waals surface area contributed by atoms with Crippen LogP contribution >= 0.6 is 15.9 Å². The van der Waals surface area contributed by atoms with Crippen molar-refractivity contribution in [2.45, 2.75) is 20.4 Å². The lowest BCUT2D eigenvalue weighted by molar-refractivity contribution is 0.992. The lowest BCUT2D eigenvalue weighted by Gasteiger charge is -2.10. The molecule has 0 aliphatic rings. The van der Waals surface area contributed by atoms with Gasteiger partial charge in [0.2, 0.25) is 0 Å². The summed E-state index contributed by atoms with van der Waals surface area (Å²) in [5.41, 5.74) is 1.99. The minimum Gasteiger partial charge on any atom is -0.369 e. The first-order chi connectivity index (χ1) is 9.20. The van der Waals surface area contributed by atoms with Crippen LogP contribution in [0.2, 0.25) is 0 Å². The van der Waals surface area contributed by atoms with Crippen LogP contribution in [0, 0.1) is 6.92 Å². The van der Waals surface area contributed by atoms with Gasteiger partial charge in [0.15, 0.2) is 0 Å². The maximum atomic E-state index is 4.44. The number of aryl methyl sites for hydroxylation is 1. The van der Waals surface area contributed by atoms with E-state index in [0.717, 1.165) is 34.0 Å². The van der Waals surface area contributed by atoms with E-state index in [2.05, 4.69) is 41.5 Å². The lowest BCUT2D eigenvalue weighted by atomic mass is 10.3. The van der Waals surface area contributed by atoms with E-state index in [1.165, 1.54) is 6.33 Å². The molecule has 2 aromatic heterocycles. The van der Waals surface area contributed by atoms with Crippen molar-refractivity contribution < 1.29 is 0 Å². The molecule has 0 bridgehead atoms. The SMILES string of the molecule is CCNc1ncnc(NCc2cccc(C)n2)c1Br. The molecule has 0 aliphatic carbocycles. The predicted molar refractivity (Wildman–Crippen MR) is 80.2 cm³/mol. The molecule has 0 radical (unpaired) electrons. The molecule has 0 saturated heterocycles. The Hall–Kier alpha value is -1.69. The minimum atomic E-state index is 0.628. The van der Waals surface area contributed by atoms with Crippen molar-refractivity contribution in [2.75, 3.05) is 17.2 Å². The average Bonchev–Trinajstić information content (AvgIpc) is 2.40. The summed E-state index contributed by atoms with van der Waals surface area (Å²) in [7, 11) is 0. The maximum absolute atomic E-state index is 4.44. The molecule has 6 heteroatoms. The van der Waals surface area contributed by atoms with E-state index in [-0.39, 0.29) is 0 Å². The fourth-order valence-corrected chi connectivity index (χ4v) is 2.14. The minimum absolute atomic E-state index is 0.628. The highest BCUT2D eigenvalue weighted by atomic mass is 79.9. The number of rotatable bonds is 5. The van der Waals surface area contributed by atoms with Gasteiger partial charge in [0.25, 0.3) is 0 Å². The van der Waals surface area contributed by atoms with E-state index in [4.69, 9.17) is 0 Å². The zero-order valence-electron chi connectivity index (χ0n) is 10.9. The summed E-state index contributed by atoms with van der Waals surface area (Å²) in [5.74, 6) is 1.55. The topological polar surface area (TPSA) is 62.7 Å². The Bertz CT molecular complexity index is 558. The van der Waals surface area contributed by atoms with E-state index in [1.807, 2.05) is 32.0 Å². The Morgan fingerprint density at radius 2 is 1.89 bits per heavy atom. The van der Waals surface area contributed by atoms with Crippen LogP contribution in [0.4, 0.5) is 11.6 Å². The van der Waals surface area contributed by atoms with Gasteiger partial charge in [-0.1, -0.05) is 6.07 Å². The number of pyridine rings is 1. The monoisotopic (exact) mass is 321 g/mol. The van der Waals surface area contributed by atoms with Gasteiger partial charge in [0.1, 0.15) is 22.4 Å². The molecular weight excluding hydrogens is 306 g/mol. The molecule has 100 valence electrons. The van der Waals surface area contributed by atoms with Crippen LogP contribution < -0.4 is 10.6 Å². The summed E-state index contributed by atoms with van der Waals surface area (Å²) in [6, 6.07) is 5.96. The van der Waals surface area contributed by atoms with E-state index >= 15 is 0 Å². The molecule has 0 saturated carbocycles. The Kier molecular flexibility index (Phi) is 4.68. The summed E-state index contributed by atoms with van der Waals surface area (Å²) in [6.07, 6.45) is 1.54. The summed E-state index contributed by atoms with van der Waals surface area (Å²) in [4.78, 5) is 12.8. The fourth-order valence-electron chi connectivity index (χ4n) is 1.66. The highest BCUT2D eigenvalue weighted by molar-refractivity contribution is 9.10. The van der Waals surface area contributed by atoms with E-state index in [1.54, 1.807) is 0 Å². The number of nitrogens with zero attached hydrogens (tertiary/aromatic N) is 3. The summed E-state index contributed by atoms with van der Waals surface area (Å²) in [5, 5.41) is 6.42. The summed E-state index contributed by atoms with van der Waals surface area (Å²) >= 11 is 3.50. The van der Waals surface area contributed by atoms with Crippen molar-refractivity contribution in [1.29, 1.82) is 0 Å². The fraction of sp³-hybridized carbons (Fsp3) is 0.308. The molecule has 0 unspecified atom stereocenters. The van der Waals surface area contributed by atoms with Gasteiger partial charge < -0.3 is 10.6 Å². The van der Waals surface area contributed by atoms with Gasteiger partial charge in [0, 0.05) is 12.2 Å². The second kappa shape index (κ2) is 6.47. The average molecular weight is 322 g/mol. The molecule has 2 N–H and O–H groups in total. The summed E-state index contributed by atoms with van der Waals surface area (Å²) < 4.78 is 0.838. The molecule has 0 fully saturated rings. The predicted octanol–water partition coefficient (Wildman–Crippen LogP) is 2.99. The van der Waals surface area contributed by atoms with Crippen LogP contribution in [-0.4, -0.2) is 21.5 Å². The smallest absolute Gasteiger partial charge is 0.146 e. The van der Waals surface area contributed by atoms with Gasteiger partial charge >= 0.3 is 0 Å². The molecule has 2 rings (SSSR count). The number of halogens is 1. The van der Waals surface area contributed by atoms with Crippen molar-refractivity contribution in [3.63, 3.8) is 0 Å². The van der Waals surface area contributed by atoms with E-state index in [0.29, 0.717) is 6.54 Å². The number of anilines is 2. The highest BCUT2D eigenvalue weighted by Crippen LogP contribution is 2.26. The normalized spacial score (nSPS) is 10.3. The quantitative estimate of drug-likeness (QED) is 0.886. The molecule has 2 aromatic rings. The van der Waals surface area contributed by atoms with Gasteiger partial charge in [-0.25, -0.2) is 9.97 Å². The lowest BCUT2D eigenvalue weighted by Crippen LogP contribution is -2.07. The van der Waals surface area contributed by atoms with Gasteiger partial charge in [-0.3, -0.25) is 4.98 Å². The van der Waals surface area contributed by atoms with Crippen LogP contribution in [0.1, 0.15) is 18.3 Å². The maximum Gasteiger partial charge on any atom is 0.146 e. The van der Waals surface area contributed by atoms with Gasteiger partial charge in [-0.15, -0.1) is 0 Å². The second-order valence-electron chi connectivity index (χ2n) is 4.04. The molecule has 0 spiro atoms. The van der Waals surface area contributed by atoms with Gasteiger partial charge in [-0.2, -0.15) is 0 Å². The number of hydrogen-bond acceptors (Lipinski definition) is 5. The zero-order chi connectivity index (χ0) is 13.7. The number of nitrogens with one attached hydrogen (secondary N) is 2. The number of aromatic nitrogens is 3. The van der Waals surface area contributed by atoms with Crippen LogP contribution in [0.5, 0.6) is 0 Å². The highest BCUT2D eigenvalue weighted by Gasteiger charge is 2.07. The first-order valence-electron chi connectivity index (χ1n) is 6.11. The standard InChI is InChI=1S/C13H16BrN5/c1-3-15-12-11(14)13(18-8-17-12)16-7-10-6-4-5-9(2)19-10/h4-6,8H,3,7H2,1-2H3,(H2,15,16,17,18). The Labute approximate surface area is 121 Å². The molecular formula is C13H16BrN5. The molecule has 0 aromatic carbocycles. The molecule has 0 amide bonds. The van der Waals surface area contributed by atoms with Crippen LogP contribution in [0.3, 0.4) is 0 Å². The molecule has 0 aliphatic heterocycles. The molecule has 19 heavy (non-hydrogen) atoms. The van der Waals surface area contributed by atoms with Crippen molar-refractivity contribution in [3.05, 3.63) is 40.4 Å². The van der Waals surface area contributed by atoms with Crippen LogP contribution in [0.15, 0.2) is 29.0 Å². The summed E-state index contributed by atoms with van der Waals surface area (Å²) in [6.45, 7) is 5.45. The first-order valence-corrected chi connectivity index (χ1v) is 6.90. The third-order valence-corrected chi connectivity index (χ3v) is 3.27. The second-order valence-corrected chi connectivity index (χ2v) is 4.83. The van der Waals surface area contributed by atoms with Crippen molar-refractivity contribution in [3.8, 4) is 0 Å². The molecule has 0 atom stereocenters. The van der Waals surface area contributed by atoms with Crippen molar-refractivity contribution in [2.24, 2.45) is 0 Å². The van der Waals surface area contributed by atoms with E-state index < -0.39 is 0 Å². The van der Waals surface area contributed by atoms with E-state index in [9.17, 15) is 0 Å². The third-order valence-electron chi connectivity index (χ3n) is 2.52. The zero-order valence-corrected chi connectivity index (χ0v) is 12.5. The Balaban J connectivity index is 2.09. The first kappa shape index (κ1) is 13.7. The molecule has 5 nitrogen and oxygen atoms in total. The van der Waals surface area contributed by atoms with Gasteiger partial charge in [0.05, 0.1) is 12.2 Å². The van der Waals surface area contributed by atoms with Crippen molar-refractivity contribution >= 4 is 27.6 Å². The Morgan fingerprint density at radius 3 is 2.58 bits per heavy atom. The Morgan fingerprint density at radius 1 is 1.16 bits per heavy atom. The molecule has 2 heterocycles. The number of hydrogen-bond donors (Lipinski definition) is 2. The van der Waals surface area contributed by atoms with Crippen LogP contribution in [-0.2, 0) is 6.54 Å². The van der Waals surface area contributed by atoms with Crippen LogP contribution in [0.25, 0.3) is 0 Å². The third kappa shape index (κ3) is 3.64. The largest absolute Gasteiger partial charge is 0.369 e. The van der Waals surface area contributed by atoms with Gasteiger partial charge in [-0.05, 0) is 41.9 Å². The van der Waals surface area contributed by atoms with Crippen molar-refractivity contribution in [1.82, 2.24) is 15.0 Å².